The third kappa shape index (κ3) is 5.54. The first-order chi connectivity index (χ1) is 4.68. The zero-order valence-corrected chi connectivity index (χ0v) is 4.53. The van der Waals surface area contributed by atoms with Crippen LogP contribution in [0, 0.1) is 0 Å². The Morgan fingerprint density at radius 1 is 2.14 bits per heavy atom. The van der Waals surface area contributed by atoms with Gasteiger partial charge in [0, 0.05) is 0 Å². The first kappa shape index (κ1) is 2.75. The van der Waals surface area contributed by atoms with Crippen molar-refractivity contribution in [1.29, 1.82) is 0 Å². The Balaban J connectivity index is 3.40. The molecular formula is C6H12O. The van der Waals surface area contributed by atoms with Gasteiger partial charge in [0.1, 0.15) is 1.37 Å². The Morgan fingerprint density at radius 3 is 3.57 bits per heavy atom. The van der Waals surface area contributed by atoms with Gasteiger partial charge in [-0.2, -0.15) is 0 Å². The van der Waals surface area contributed by atoms with Gasteiger partial charge in [0.15, 0.2) is 0 Å². The zero-order valence-electron chi connectivity index (χ0n) is 7.53. The maximum Gasteiger partial charge on any atom is 0.103 e. The average molecular weight is 103 g/mol. The van der Waals surface area contributed by atoms with Crippen LogP contribution in [0.1, 0.15) is 23.9 Å². The molecule has 0 fully saturated rings. The molecule has 0 rings (SSSR count). The highest BCUT2D eigenvalue weighted by Crippen LogP contribution is 1.85. The van der Waals surface area contributed by atoms with E-state index in [-0.39, 0.29) is 6.24 Å². The molecule has 0 aromatic carbocycles. The Bertz CT molecular complexity index is 118. The maximum absolute atomic E-state index is 6.89. The van der Waals surface area contributed by atoms with E-state index in [4.69, 9.17) is 8.85 Å². The van der Waals surface area contributed by atoms with Gasteiger partial charge in [-0.25, -0.2) is 0 Å². The molecule has 0 bridgehead atoms. The van der Waals surface area contributed by atoms with Crippen molar-refractivity contribution >= 4 is 0 Å². The summed E-state index contributed by atoms with van der Waals surface area (Å²) in [6, 6.07) is 0. The third-order valence-electron chi connectivity index (χ3n) is 0.672. The van der Waals surface area contributed by atoms with Crippen LogP contribution < -0.4 is 0 Å². The summed E-state index contributed by atoms with van der Waals surface area (Å²) in [5.41, 5.74) is 0. The molecule has 1 nitrogen and oxygen atoms in total. The molecule has 0 spiro atoms. The van der Waals surface area contributed by atoms with Crippen LogP contribution in [0.5, 0.6) is 0 Å². The minimum absolute atomic E-state index is 0.339. The van der Waals surface area contributed by atoms with Gasteiger partial charge in [-0.05, 0) is 6.42 Å². The second-order valence-corrected chi connectivity index (χ2v) is 1.30. The minimum atomic E-state index is -0.559. The third-order valence-corrected chi connectivity index (χ3v) is 0.672. The summed E-state index contributed by atoms with van der Waals surface area (Å²) >= 11 is 0. The fourth-order valence-corrected chi connectivity index (χ4v) is 0.268. The maximum atomic E-state index is 6.89. The predicted molar refractivity (Wildman–Crippen MR) is 31.1 cm³/mol. The Labute approximate surface area is 49.2 Å². The van der Waals surface area contributed by atoms with Gasteiger partial charge in [0.2, 0.25) is 0 Å². The number of hydrogen-bond donors (Lipinski definition) is 0. The van der Waals surface area contributed by atoms with Crippen molar-refractivity contribution in [1.82, 2.24) is 0 Å². The molecule has 0 aromatic rings. The molecule has 0 aliphatic carbocycles. The molecule has 0 N–H and O–H groups in total. The Hall–Kier alpha value is -0.460. The lowest BCUT2D eigenvalue weighted by Crippen LogP contribution is -1.83. The second-order valence-electron chi connectivity index (χ2n) is 1.30. The van der Waals surface area contributed by atoms with E-state index in [9.17, 15) is 0 Å². The number of hydrogen-bond acceptors (Lipinski definition) is 1. The van der Waals surface area contributed by atoms with E-state index in [0.29, 0.717) is 6.61 Å². The van der Waals surface area contributed by atoms with E-state index >= 15 is 0 Å². The summed E-state index contributed by atoms with van der Waals surface area (Å²) in [7, 11) is 0. The first-order valence-corrected chi connectivity index (χ1v) is 2.45. The fraction of sp³-hybridized carbons (Fsp3) is 0.667. The van der Waals surface area contributed by atoms with Crippen molar-refractivity contribution in [3.05, 3.63) is 12.8 Å². The van der Waals surface area contributed by atoms with Crippen LogP contribution in [0.3, 0.4) is 0 Å². The molecule has 7 heavy (non-hydrogen) atoms. The van der Waals surface area contributed by atoms with Crippen LogP contribution in [-0.4, -0.2) is 6.61 Å². The monoisotopic (exact) mass is 103 g/mol. The SMILES string of the molecule is [2H]C([2H])=C([2H])OCCCC. The predicted octanol–water partition coefficient (Wildman–Crippen LogP) is 1.95. The van der Waals surface area contributed by atoms with E-state index in [2.05, 4.69) is 0 Å². The molecule has 0 heterocycles. The highest BCUT2D eigenvalue weighted by Gasteiger charge is 1.76. The largest absolute Gasteiger partial charge is 0.502 e. The lowest BCUT2D eigenvalue weighted by Gasteiger charge is -1.93. The van der Waals surface area contributed by atoms with Gasteiger partial charge in [-0.15, -0.1) is 0 Å². The Morgan fingerprint density at radius 2 is 3.00 bits per heavy atom. The number of unbranched alkanes of at least 4 members (excludes halogenated alkanes) is 1. The lowest BCUT2D eigenvalue weighted by atomic mass is 10.4. The molecule has 0 saturated heterocycles. The summed E-state index contributed by atoms with van der Waals surface area (Å²) in [6.07, 6.45) is 1.53. The molecular weight excluding hydrogens is 88.1 g/mol. The van der Waals surface area contributed by atoms with Gasteiger partial charge in [0.25, 0.3) is 0 Å². The van der Waals surface area contributed by atoms with Crippen LogP contribution in [0.4, 0.5) is 0 Å². The molecule has 0 amide bonds. The van der Waals surface area contributed by atoms with E-state index in [0.717, 1.165) is 12.8 Å². The van der Waals surface area contributed by atoms with Crippen LogP contribution >= 0.6 is 0 Å². The van der Waals surface area contributed by atoms with Gasteiger partial charge >= 0.3 is 0 Å². The summed E-state index contributed by atoms with van der Waals surface area (Å²) in [6.45, 7) is 1.89. The van der Waals surface area contributed by atoms with Crippen molar-refractivity contribution in [2.24, 2.45) is 0 Å². The van der Waals surface area contributed by atoms with Crippen LogP contribution in [0.2, 0.25) is 0 Å². The molecule has 0 unspecified atom stereocenters. The summed E-state index contributed by atoms with van der Waals surface area (Å²) < 4.78 is 24.9. The van der Waals surface area contributed by atoms with Gasteiger partial charge < -0.3 is 4.74 Å². The number of rotatable bonds is 4. The fourth-order valence-electron chi connectivity index (χ4n) is 0.268. The molecule has 1 heteroatoms. The Kier molecular flexibility index (Phi) is 2.18. The van der Waals surface area contributed by atoms with Gasteiger partial charge in [0.05, 0.1) is 15.6 Å². The normalized spacial score (nSPS) is 13.6. The van der Waals surface area contributed by atoms with Crippen LogP contribution in [0.25, 0.3) is 0 Å². The molecule has 0 aliphatic rings. The number of ether oxygens (including phenoxy) is 1. The summed E-state index contributed by atoms with van der Waals surface area (Å²) in [5, 5.41) is 0. The van der Waals surface area contributed by atoms with Gasteiger partial charge in [-0.1, -0.05) is 19.9 Å². The lowest BCUT2D eigenvalue weighted by molar-refractivity contribution is 0.245. The summed E-state index contributed by atoms with van der Waals surface area (Å²) in [4.78, 5) is 0. The van der Waals surface area contributed by atoms with Crippen LogP contribution in [0.15, 0.2) is 12.8 Å². The van der Waals surface area contributed by atoms with Crippen molar-refractivity contribution < 1.29 is 8.85 Å². The van der Waals surface area contributed by atoms with Gasteiger partial charge in [-0.3, -0.25) is 0 Å². The molecule has 42 valence electrons. The standard InChI is InChI=1S/C6H12O/c1-3-5-6-7-4-2/h4H,2-3,5-6H2,1H3/i2D2,4D. The summed E-state index contributed by atoms with van der Waals surface area (Å²) in [5.74, 6) is 0. The zero-order chi connectivity index (χ0) is 7.98. The molecule has 0 atom stereocenters. The van der Waals surface area contributed by atoms with E-state index < -0.39 is 6.53 Å². The highest BCUT2D eigenvalue weighted by molar-refractivity contribution is 4.47. The van der Waals surface area contributed by atoms with E-state index in [1.165, 1.54) is 0 Å². The molecule has 0 aliphatic heterocycles. The molecule has 0 radical (unpaired) electrons. The topological polar surface area (TPSA) is 9.23 Å². The van der Waals surface area contributed by atoms with Crippen molar-refractivity contribution in [3.63, 3.8) is 0 Å². The van der Waals surface area contributed by atoms with E-state index in [1.807, 2.05) is 6.92 Å². The van der Waals surface area contributed by atoms with Crippen molar-refractivity contribution in [2.75, 3.05) is 6.61 Å². The average Bonchev–Trinajstić information content (AvgIpc) is 1.88. The van der Waals surface area contributed by atoms with Crippen LogP contribution in [-0.2, 0) is 4.74 Å². The molecule has 0 aromatic heterocycles. The molecule has 0 saturated carbocycles. The quantitative estimate of drug-likeness (QED) is 0.390. The smallest absolute Gasteiger partial charge is 0.103 e. The van der Waals surface area contributed by atoms with Crippen molar-refractivity contribution in [2.45, 2.75) is 19.8 Å². The van der Waals surface area contributed by atoms with Crippen molar-refractivity contribution in [3.8, 4) is 0 Å². The highest BCUT2D eigenvalue weighted by atomic mass is 16.5. The minimum Gasteiger partial charge on any atom is -0.502 e. The van der Waals surface area contributed by atoms with E-state index in [1.54, 1.807) is 0 Å². The second kappa shape index (κ2) is 5.54. The first-order valence-electron chi connectivity index (χ1n) is 3.95.